The Bertz CT molecular complexity index is 631. The molecule has 0 saturated heterocycles. The van der Waals surface area contributed by atoms with Crippen LogP contribution < -0.4 is 5.73 Å². The molecular weight excluding hydrogens is 328 g/mol. The number of amidine groups is 1. The van der Waals surface area contributed by atoms with Crippen LogP contribution in [0.2, 0.25) is 5.02 Å². The summed E-state index contributed by atoms with van der Waals surface area (Å²) in [6.07, 6.45) is 0. The highest BCUT2D eigenvalue weighted by molar-refractivity contribution is 8.14. The second-order valence-corrected chi connectivity index (χ2v) is 6.79. The standard InChI is InChI=1S/C18H21ClN2OS/c1-13(12-22-2)21-18(20)23-17(14-6-4-3-5-7-14)15-8-10-16(19)11-9-15/h3-11,13,17H,12H2,1-2H3,(H2,20,21)/t13-,17-/m0/s1. The molecule has 0 radical (unpaired) electrons. The number of hydrogen-bond acceptors (Lipinski definition) is 3. The van der Waals surface area contributed by atoms with Crippen LogP contribution in [0.3, 0.4) is 0 Å². The zero-order valence-corrected chi connectivity index (χ0v) is 14.8. The Morgan fingerprint density at radius 1 is 1.13 bits per heavy atom. The lowest BCUT2D eigenvalue weighted by molar-refractivity contribution is 0.186. The number of benzene rings is 2. The molecule has 5 heteroatoms. The second-order valence-electron chi connectivity index (χ2n) is 5.23. The van der Waals surface area contributed by atoms with Gasteiger partial charge in [0.05, 0.1) is 17.9 Å². The molecule has 2 aromatic carbocycles. The summed E-state index contributed by atoms with van der Waals surface area (Å²) in [6, 6.07) is 18.1. The summed E-state index contributed by atoms with van der Waals surface area (Å²) in [5.41, 5.74) is 8.46. The van der Waals surface area contributed by atoms with Crippen molar-refractivity contribution in [1.29, 1.82) is 0 Å². The van der Waals surface area contributed by atoms with Crippen molar-refractivity contribution in [2.45, 2.75) is 18.2 Å². The van der Waals surface area contributed by atoms with Crippen molar-refractivity contribution in [1.82, 2.24) is 0 Å². The first kappa shape index (κ1) is 17.9. The van der Waals surface area contributed by atoms with E-state index in [-0.39, 0.29) is 11.3 Å². The Labute approximate surface area is 146 Å². The van der Waals surface area contributed by atoms with Gasteiger partial charge in [0.2, 0.25) is 0 Å². The predicted octanol–water partition coefficient (Wildman–Crippen LogP) is 4.51. The molecule has 0 amide bonds. The first-order valence-electron chi connectivity index (χ1n) is 7.39. The third-order valence-corrected chi connectivity index (χ3v) is 4.65. The van der Waals surface area contributed by atoms with Crippen LogP contribution in [-0.4, -0.2) is 24.9 Å². The number of aliphatic imine (C=N–C) groups is 1. The highest BCUT2D eigenvalue weighted by Gasteiger charge is 2.17. The van der Waals surface area contributed by atoms with E-state index in [4.69, 9.17) is 22.1 Å². The minimum Gasteiger partial charge on any atom is -0.382 e. The Balaban J connectivity index is 2.26. The van der Waals surface area contributed by atoms with Crippen LogP contribution in [0.15, 0.2) is 59.6 Å². The van der Waals surface area contributed by atoms with Crippen LogP contribution in [0.1, 0.15) is 23.3 Å². The molecule has 0 bridgehead atoms. The van der Waals surface area contributed by atoms with E-state index in [1.54, 1.807) is 18.9 Å². The van der Waals surface area contributed by atoms with Crippen LogP contribution >= 0.6 is 23.4 Å². The Morgan fingerprint density at radius 3 is 2.35 bits per heavy atom. The summed E-state index contributed by atoms with van der Waals surface area (Å²) in [7, 11) is 1.66. The summed E-state index contributed by atoms with van der Waals surface area (Å²) in [4.78, 5) is 4.48. The summed E-state index contributed by atoms with van der Waals surface area (Å²) in [6.45, 7) is 2.54. The fourth-order valence-electron chi connectivity index (χ4n) is 2.24. The molecule has 0 aliphatic carbocycles. The molecule has 0 unspecified atom stereocenters. The first-order valence-corrected chi connectivity index (χ1v) is 8.65. The van der Waals surface area contributed by atoms with E-state index in [0.29, 0.717) is 11.8 Å². The van der Waals surface area contributed by atoms with E-state index in [9.17, 15) is 0 Å². The van der Waals surface area contributed by atoms with E-state index in [1.165, 1.54) is 5.56 Å². The Morgan fingerprint density at radius 2 is 1.74 bits per heavy atom. The van der Waals surface area contributed by atoms with E-state index >= 15 is 0 Å². The maximum absolute atomic E-state index is 6.14. The normalized spacial score (nSPS) is 14.5. The lowest BCUT2D eigenvalue weighted by Gasteiger charge is -2.18. The molecule has 2 N–H and O–H groups in total. The molecule has 0 heterocycles. The number of halogens is 1. The number of ether oxygens (including phenoxy) is 1. The Hall–Kier alpha value is -1.49. The number of nitrogens with zero attached hydrogens (tertiary/aromatic N) is 1. The quantitative estimate of drug-likeness (QED) is 0.617. The minimum atomic E-state index is 0.0362. The number of thioether (sulfide) groups is 1. The minimum absolute atomic E-state index is 0.0362. The third-order valence-electron chi connectivity index (χ3n) is 3.27. The van der Waals surface area contributed by atoms with Gasteiger partial charge < -0.3 is 10.5 Å². The van der Waals surface area contributed by atoms with Gasteiger partial charge in [0.25, 0.3) is 0 Å². The third kappa shape index (κ3) is 5.57. The van der Waals surface area contributed by atoms with Gasteiger partial charge in [-0.1, -0.05) is 65.8 Å². The van der Waals surface area contributed by atoms with Gasteiger partial charge in [-0.2, -0.15) is 0 Å². The average molecular weight is 349 g/mol. The summed E-state index contributed by atoms with van der Waals surface area (Å²) < 4.78 is 5.11. The summed E-state index contributed by atoms with van der Waals surface area (Å²) in [5, 5.41) is 1.35. The largest absolute Gasteiger partial charge is 0.382 e. The maximum Gasteiger partial charge on any atom is 0.155 e. The fraction of sp³-hybridized carbons (Fsp3) is 0.278. The van der Waals surface area contributed by atoms with E-state index < -0.39 is 0 Å². The lowest BCUT2D eigenvalue weighted by Crippen LogP contribution is -2.16. The molecule has 122 valence electrons. The molecule has 0 aliphatic rings. The molecule has 2 rings (SSSR count). The molecule has 2 aromatic rings. The van der Waals surface area contributed by atoms with Crippen LogP contribution in [0.5, 0.6) is 0 Å². The van der Waals surface area contributed by atoms with Crippen molar-refractivity contribution in [3.05, 3.63) is 70.7 Å². The van der Waals surface area contributed by atoms with Gasteiger partial charge in [-0.3, -0.25) is 4.99 Å². The average Bonchev–Trinajstić information content (AvgIpc) is 2.54. The van der Waals surface area contributed by atoms with Crippen molar-refractivity contribution < 1.29 is 4.74 Å². The van der Waals surface area contributed by atoms with Gasteiger partial charge in [-0.05, 0) is 30.2 Å². The molecule has 0 saturated carbocycles. The monoisotopic (exact) mass is 348 g/mol. The summed E-state index contributed by atoms with van der Waals surface area (Å²) in [5.74, 6) is 0. The Kier molecular flexibility index (Phi) is 6.96. The van der Waals surface area contributed by atoms with Gasteiger partial charge in [-0.25, -0.2) is 0 Å². The highest BCUT2D eigenvalue weighted by atomic mass is 35.5. The van der Waals surface area contributed by atoms with Gasteiger partial charge in [0.15, 0.2) is 5.17 Å². The smallest absolute Gasteiger partial charge is 0.155 e. The van der Waals surface area contributed by atoms with Crippen LogP contribution in [0, 0.1) is 0 Å². The van der Waals surface area contributed by atoms with E-state index in [2.05, 4.69) is 17.1 Å². The van der Waals surface area contributed by atoms with Crippen LogP contribution in [-0.2, 0) is 4.74 Å². The van der Waals surface area contributed by atoms with Gasteiger partial charge in [0, 0.05) is 12.1 Å². The van der Waals surface area contributed by atoms with Crippen molar-refractivity contribution in [3.63, 3.8) is 0 Å². The van der Waals surface area contributed by atoms with Crippen molar-refractivity contribution in [3.8, 4) is 0 Å². The molecule has 0 spiro atoms. The second kappa shape index (κ2) is 8.96. The number of methoxy groups -OCH3 is 1. The lowest BCUT2D eigenvalue weighted by atomic mass is 10.0. The topological polar surface area (TPSA) is 47.6 Å². The van der Waals surface area contributed by atoms with Gasteiger partial charge >= 0.3 is 0 Å². The molecule has 23 heavy (non-hydrogen) atoms. The number of rotatable bonds is 6. The van der Waals surface area contributed by atoms with Crippen molar-refractivity contribution in [2.75, 3.05) is 13.7 Å². The molecule has 2 atom stereocenters. The summed E-state index contributed by atoms with van der Waals surface area (Å²) >= 11 is 7.54. The molecule has 0 fully saturated rings. The molecule has 3 nitrogen and oxygen atoms in total. The van der Waals surface area contributed by atoms with E-state index in [1.807, 2.05) is 49.4 Å². The molecular formula is C18H21ClN2OS. The first-order chi connectivity index (χ1) is 11.1. The van der Waals surface area contributed by atoms with Gasteiger partial charge in [-0.15, -0.1) is 0 Å². The van der Waals surface area contributed by atoms with Crippen LogP contribution in [0.4, 0.5) is 0 Å². The van der Waals surface area contributed by atoms with Gasteiger partial charge in [0.1, 0.15) is 0 Å². The zero-order valence-electron chi connectivity index (χ0n) is 13.3. The van der Waals surface area contributed by atoms with Crippen molar-refractivity contribution >= 4 is 28.5 Å². The SMILES string of the molecule is COC[C@H](C)N=C(N)S[C@@H](c1ccccc1)c1ccc(Cl)cc1. The number of hydrogen-bond donors (Lipinski definition) is 1. The predicted molar refractivity (Wildman–Crippen MR) is 100 cm³/mol. The van der Waals surface area contributed by atoms with E-state index in [0.717, 1.165) is 10.6 Å². The zero-order chi connectivity index (χ0) is 16.7. The number of nitrogens with two attached hydrogens (primary N) is 1. The van der Waals surface area contributed by atoms with Crippen molar-refractivity contribution in [2.24, 2.45) is 10.7 Å². The highest BCUT2D eigenvalue weighted by Crippen LogP contribution is 2.36. The molecule has 0 aromatic heterocycles. The van der Waals surface area contributed by atoms with Crippen LogP contribution in [0.25, 0.3) is 0 Å². The fourth-order valence-corrected chi connectivity index (χ4v) is 3.44. The maximum atomic E-state index is 6.14. The molecule has 0 aliphatic heterocycles.